The summed E-state index contributed by atoms with van der Waals surface area (Å²) in [5.74, 6) is 1.83. The summed E-state index contributed by atoms with van der Waals surface area (Å²) in [7, 11) is 0. The minimum atomic E-state index is 0.639. The van der Waals surface area contributed by atoms with E-state index in [1.165, 1.54) is 5.56 Å². The molecule has 29 heavy (non-hydrogen) atoms. The van der Waals surface area contributed by atoms with Crippen LogP contribution in [0.15, 0.2) is 73.1 Å². The van der Waals surface area contributed by atoms with Gasteiger partial charge in [-0.25, -0.2) is 9.97 Å². The average Bonchev–Trinajstić information content (AvgIpc) is 3.33. The molecule has 0 aliphatic carbocycles. The molecule has 0 amide bonds. The molecule has 5 heteroatoms. The van der Waals surface area contributed by atoms with E-state index in [1.807, 2.05) is 49.5 Å². The largest absolute Gasteiger partial charge is 0.342 e. The Morgan fingerprint density at radius 1 is 0.897 bits per heavy atom. The van der Waals surface area contributed by atoms with E-state index in [4.69, 9.17) is 9.97 Å². The van der Waals surface area contributed by atoms with Gasteiger partial charge in [-0.15, -0.1) is 0 Å². The lowest BCUT2D eigenvalue weighted by molar-refractivity contribution is 0.998. The number of imidazole rings is 2. The van der Waals surface area contributed by atoms with E-state index in [0.29, 0.717) is 6.42 Å². The van der Waals surface area contributed by atoms with Crippen molar-refractivity contribution in [3.05, 3.63) is 95.8 Å². The normalized spacial score (nSPS) is 11.2. The summed E-state index contributed by atoms with van der Waals surface area (Å²) >= 11 is 0. The number of hydrogen-bond acceptors (Lipinski definition) is 3. The first-order chi connectivity index (χ1) is 14.2. The van der Waals surface area contributed by atoms with Crippen LogP contribution in [0.5, 0.6) is 0 Å². The van der Waals surface area contributed by atoms with E-state index in [-0.39, 0.29) is 0 Å². The lowest BCUT2D eigenvalue weighted by Gasteiger charge is -2.09. The van der Waals surface area contributed by atoms with Gasteiger partial charge in [0.25, 0.3) is 0 Å². The van der Waals surface area contributed by atoms with Crippen LogP contribution in [-0.4, -0.2) is 24.5 Å². The number of aromatic amines is 1. The van der Waals surface area contributed by atoms with Gasteiger partial charge in [-0.3, -0.25) is 9.55 Å². The van der Waals surface area contributed by atoms with Crippen molar-refractivity contribution < 1.29 is 0 Å². The van der Waals surface area contributed by atoms with Gasteiger partial charge in [-0.05, 0) is 43.7 Å². The van der Waals surface area contributed by atoms with Gasteiger partial charge in [-0.2, -0.15) is 0 Å². The Morgan fingerprint density at radius 2 is 1.72 bits per heavy atom. The van der Waals surface area contributed by atoms with Crippen molar-refractivity contribution in [1.29, 1.82) is 0 Å². The van der Waals surface area contributed by atoms with Crippen LogP contribution in [0.1, 0.15) is 22.8 Å². The van der Waals surface area contributed by atoms with Crippen LogP contribution >= 0.6 is 0 Å². The number of nitrogens with one attached hydrogen (secondary N) is 1. The van der Waals surface area contributed by atoms with E-state index < -0.39 is 0 Å². The molecule has 0 aliphatic heterocycles. The number of aromatic nitrogens is 5. The topological polar surface area (TPSA) is 59.4 Å². The van der Waals surface area contributed by atoms with Gasteiger partial charge in [0.05, 0.1) is 28.6 Å². The first-order valence-electron chi connectivity index (χ1n) is 9.68. The Morgan fingerprint density at radius 3 is 2.52 bits per heavy atom. The molecule has 0 atom stereocenters. The quantitative estimate of drug-likeness (QED) is 0.477. The molecule has 5 nitrogen and oxygen atoms in total. The molecule has 5 rings (SSSR count). The molecule has 142 valence electrons. The van der Waals surface area contributed by atoms with Gasteiger partial charge in [0.1, 0.15) is 11.6 Å². The minimum Gasteiger partial charge on any atom is -0.342 e. The summed E-state index contributed by atoms with van der Waals surface area (Å²) in [4.78, 5) is 17.6. The monoisotopic (exact) mass is 379 g/mol. The predicted molar refractivity (Wildman–Crippen MR) is 115 cm³/mol. The molecule has 3 heterocycles. The molecule has 0 saturated carbocycles. The molecular formula is C24H21N5. The molecular weight excluding hydrogens is 358 g/mol. The molecule has 0 radical (unpaired) electrons. The third kappa shape index (κ3) is 3.31. The highest BCUT2D eigenvalue weighted by Gasteiger charge is 2.15. The van der Waals surface area contributed by atoms with Crippen LogP contribution in [0.2, 0.25) is 0 Å². The molecule has 0 fully saturated rings. The van der Waals surface area contributed by atoms with Gasteiger partial charge < -0.3 is 4.98 Å². The molecule has 0 spiro atoms. The van der Waals surface area contributed by atoms with Crippen molar-refractivity contribution in [1.82, 2.24) is 24.5 Å². The number of rotatable bonds is 4. The van der Waals surface area contributed by atoms with Crippen LogP contribution in [-0.2, 0) is 6.42 Å². The number of hydrogen-bond donors (Lipinski definition) is 1. The maximum Gasteiger partial charge on any atom is 0.145 e. The van der Waals surface area contributed by atoms with Crippen LogP contribution < -0.4 is 0 Å². The number of nitrogens with zero attached hydrogens (tertiary/aromatic N) is 4. The zero-order chi connectivity index (χ0) is 19.8. The minimum absolute atomic E-state index is 0.639. The summed E-state index contributed by atoms with van der Waals surface area (Å²) in [6, 6.07) is 20.5. The van der Waals surface area contributed by atoms with Gasteiger partial charge >= 0.3 is 0 Å². The third-order valence-corrected chi connectivity index (χ3v) is 5.10. The van der Waals surface area contributed by atoms with E-state index >= 15 is 0 Å². The standard InChI is InChI=1S/C24H21N5/c1-16-7-3-4-8-20(16)24-26-18(15-29(24)19-12-11-17(2)25-14-19)13-23-27-21-9-5-6-10-22(21)28-23/h3-12,14-15H,13H2,1-2H3,(H,27,28). The first-order valence-corrected chi connectivity index (χ1v) is 9.68. The zero-order valence-electron chi connectivity index (χ0n) is 16.4. The fourth-order valence-corrected chi connectivity index (χ4v) is 3.59. The lowest BCUT2D eigenvalue weighted by Crippen LogP contribution is -1.98. The lowest BCUT2D eigenvalue weighted by atomic mass is 10.1. The highest BCUT2D eigenvalue weighted by atomic mass is 15.1. The number of fused-ring (bicyclic) bond motifs is 1. The van der Waals surface area contributed by atoms with Gasteiger partial charge in [0.15, 0.2) is 0 Å². The maximum absolute atomic E-state index is 4.98. The zero-order valence-corrected chi connectivity index (χ0v) is 16.4. The summed E-state index contributed by atoms with van der Waals surface area (Å²) in [6.07, 6.45) is 4.62. The molecule has 0 saturated heterocycles. The predicted octanol–water partition coefficient (Wildman–Crippen LogP) is 5.02. The smallest absolute Gasteiger partial charge is 0.145 e. The fraction of sp³-hybridized carbons (Fsp3) is 0.125. The second-order valence-electron chi connectivity index (χ2n) is 7.28. The molecule has 3 aromatic heterocycles. The fourth-order valence-electron chi connectivity index (χ4n) is 3.59. The summed E-state index contributed by atoms with van der Waals surface area (Å²) in [5, 5.41) is 0. The average molecular weight is 379 g/mol. The second kappa shape index (κ2) is 7.02. The Labute approximate surface area is 169 Å². The Kier molecular flexibility index (Phi) is 4.21. The van der Waals surface area contributed by atoms with Gasteiger partial charge in [0.2, 0.25) is 0 Å². The van der Waals surface area contributed by atoms with Crippen molar-refractivity contribution >= 4 is 11.0 Å². The molecule has 0 aliphatic rings. The molecule has 0 unspecified atom stereocenters. The van der Waals surface area contributed by atoms with Crippen molar-refractivity contribution in [3.8, 4) is 17.1 Å². The molecule has 1 N–H and O–H groups in total. The number of H-pyrrole nitrogens is 1. The van der Waals surface area contributed by atoms with Crippen molar-refractivity contribution in [3.63, 3.8) is 0 Å². The highest BCUT2D eigenvalue weighted by molar-refractivity contribution is 5.74. The summed E-state index contributed by atoms with van der Waals surface area (Å²) in [5.41, 5.74) is 7.28. The molecule has 5 aromatic rings. The highest BCUT2D eigenvalue weighted by Crippen LogP contribution is 2.26. The first kappa shape index (κ1) is 17.4. The van der Waals surface area contributed by atoms with Crippen LogP contribution in [0.3, 0.4) is 0 Å². The summed E-state index contributed by atoms with van der Waals surface area (Å²) < 4.78 is 2.12. The number of pyridine rings is 1. The summed E-state index contributed by atoms with van der Waals surface area (Å²) in [6.45, 7) is 4.10. The van der Waals surface area contributed by atoms with Gasteiger partial charge in [-0.1, -0.05) is 36.4 Å². The van der Waals surface area contributed by atoms with Crippen LogP contribution in [0, 0.1) is 13.8 Å². The van der Waals surface area contributed by atoms with Crippen LogP contribution in [0.25, 0.3) is 28.1 Å². The molecule has 2 aromatic carbocycles. The van der Waals surface area contributed by atoms with Crippen molar-refractivity contribution in [2.45, 2.75) is 20.3 Å². The number of para-hydroxylation sites is 2. The van der Waals surface area contributed by atoms with Crippen molar-refractivity contribution in [2.24, 2.45) is 0 Å². The van der Waals surface area contributed by atoms with Crippen molar-refractivity contribution in [2.75, 3.05) is 0 Å². The van der Waals surface area contributed by atoms with E-state index in [9.17, 15) is 0 Å². The Bertz CT molecular complexity index is 1260. The third-order valence-electron chi connectivity index (χ3n) is 5.10. The molecule has 0 bridgehead atoms. The maximum atomic E-state index is 4.98. The number of benzene rings is 2. The second-order valence-corrected chi connectivity index (χ2v) is 7.28. The number of aryl methyl sites for hydroxylation is 2. The Hall–Kier alpha value is -3.73. The van der Waals surface area contributed by atoms with Gasteiger partial charge in [0, 0.05) is 23.9 Å². The Balaban J connectivity index is 1.60. The van der Waals surface area contributed by atoms with E-state index in [1.54, 1.807) is 0 Å². The van der Waals surface area contributed by atoms with E-state index in [0.717, 1.165) is 45.3 Å². The van der Waals surface area contributed by atoms with E-state index in [2.05, 4.69) is 51.9 Å². The SMILES string of the molecule is Cc1ccc(-n2cc(Cc3nc4ccccc4[nH]3)nc2-c2ccccc2C)cn1. The van der Waals surface area contributed by atoms with Crippen LogP contribution in [0.4, 0.5) is 0 Å².